The largest absolute Gasteiger partial charge is 0.466 e. The van der Waals surface area contributed by atoms with Crippen molar-refractivity contribution in [1.29, 1.82) is 10.5 Å². The first-order valence-corrected chi connectivity index (χ1v) is 8.82. The van der Waals surface area contributed by atoms with Crippen molar-refractivity contribution >= 4 is 17.9 Å². The normalized spacial score (nSPS) is 15.6. The Hall–Kier alpha value is -4.11. The minimum Gasteiger partial charge on any atom is -0.466 e. The number of nitrogens with one attached hydrogen (secondary N) is 1. The van der Waals surface area contributed by atoms with Crippen molar-refractivity contribution in [2.24, 2.45) is 0 Å². The number of hydrogen-bond acceptors (Lipinski definition) is 9. The number of esters is 3. The molecule has 1 aromatic rings. The van der Waals surface area contributed by atoms with Crippen LogP contribution in [0.4, 0.5) is 0 Å². The molecule has 30 heavy (non-hydrogen) atoms. The molecule has 9 heteroatoms. The van der Waals surface area contributed by atoms with E-state index in [1.807, 2.05) is 12.1 Å². The number of carbonyl (C=O) groups is 3. The van der Waals surface area contributed by atoms with E-state index in [0.29, 0.717) is 0 Å². The van der Waals surface area contributed by atoms with Crippen LogP contribution in [-0.2, 0) is 23.8 Å². The Kier molecular flexibility index (Phi) is 6.94. The van der Waals surface area contributed by atoms with E-state index in [1.165, 1.54) is 19.2 Å². The van der Waals surface area contributed by atoms with Crippen molar-refractivity contribution < 1.29 is 28.6 Å². The summed E-state index contributed by atoms with van der Waals surface area (Å²) < 4.78 is 14.9. The number of nitriles is 2. The maximum Gasteiger partial charge on any atom is 0.338 e. The van der Waals surface area contributed by atoms with Crippen LogP contribution >= 0.6 is 0 Å². The van der Waals surface area contributed by atoms with Gasteiger partial charge in [-0.15, -0.1) is 0 Å². The second kappa shape index (κ2) is 9.39. The van der Waals surface area contributed by atoms with Gasteiger partial charge in [0, 0.05) is 0 Å². The fourth-order valence-corrected chi connectivity index (χ4v) is 3.05. The van der Waals surface area contributed by atoms with Crippen molar-refractivity contribution in [2.45, 2.75) is 25.9 Å². The number of ether oxygens (including phenoxy) is 3. The molecule has 0 fully saturated rings. The molecule has 0 saturated carbocycles. The Morgan fingerprint density at radius 3 is 1.97 bits per heavy atom. The summed E-state index contributed by atoms with van der Waals surface area (Å²) >= 11 is 0. The van der Waals surface area contributed by atoms with Crippen LogP contribution in [-0.4, -0.2) is 38.2 Å². The first kappa shape index (κ1) is 22.2. The Morgan fingerprint density at radius 2 is 1.47 bits per heavy atom. The lowest BCUT2D eigenvalue weighted by Crippen LogP contribution is -2.34. The fourth-order valence-electron chi connectivity index (χ4n) is 3.05. The number of hydrogen-bond donors (Lipinski definition) is 1. The number of rotatable bonds is 5. The number of benzene rings is 1. The van der Waals surface area contributed by atoms with Crippen molar-refractivity contribution in [2.75, 3.05) is 14.2 Å². The van der Waals surface area contributed by atoms with Crippen molar-refractivity contribution in [3.8, 4) is 12.1 Å². The second-order valence-corrected chi connectivity index (χ2v) is 6.38. The van der Waals surface area contributed by atoms with Gasteiger partial charge in [0.1, 0.15) is 23.5 Å². The molecule has 0 spiro atoms. The second-order valence-electron chi connectivity index (χ2n) is 6.38. The minimum absolute atomic E-state index is 0.0535. The number of allylic oxidation sites excluding steroid dienone is 2. The molecule has 9 nitrogen and oxygen atoms in total. The van der Waals surface area contributed by atoms with Gasteiger partial charge in [0.25, 0.3) is 0 Å². The van der Waals surface area contributed by atoms with Gasteiger partial charge in [-0.1, -0.05) is 18.2 Å². The highest BCUT2D eigenvalue weighted by Crippen LogP contribution is 2.40. The highest BCUT2D eigenvalue weighted by atomic mass is 16.5. The Balaban J connectivity index is 2.91. The summed E-state index contributed by atoms with van der Waals surface area (Å²) in [5.41, 5.74) is -0.758. The smallest absolute Gasteiger partial charge is 0.338 e. The lowest BCUT2D eigenvalue weighted by molar-refractivity contribution is -0.143. The maximum atomic E-state index is 12.9. The molecule has 0 aliphatic carbocycles. The van der Waals surface area contributed by atoms with Crippen LogP contribution in [0.15, 0.2) is 46.8 Å². The van der Waals surface area contributed by atoms with Gasteiger partial charge in [-0.3, -0.25) is 0 Å². The maximum absolute atomic E-state index is 12.9. The monoisotopic (exact) mass is 409 g/mol. The summed E-state index contributed by atoms with van der Waals surface area (Å²) in [4.78, 5) is 37.9. The average molecular weight is 409 g/mol. The van der Waals surface area contributed by atoms with Gasteiger partial charge in [-0.2, -0.15) is 10.5 Å². The van der Waals surface area contributed by atoms with Gasteiger partial charge < -0.3 is 19.5 Å². The van der Waals surface area contributed by atoms with Gasteiger partial charge >= 0.3 is 17.9 Å². The minimum atomic E-state index is -1.27. The highest BCUT2D eigenvalue weighted by Gasteiger charge is 2.42. The van der Waals surface area contributed by atoms with E-state index in [2.05, 4.69) is 5.32 Å². The Bertz CT molecular complexity index is 1040. The predicted molar refractivity (Wildman–Crippen MR) is 102 cm³/mol. The molecule has 1 aliphatic heterocycles. The molecule has 0 saturated heterocycles. The van der Waals surface area contributed by atoms with Crippen LogP contribution in [0.1, 0.15) is 35.7 Å². The van der Waals surface area contributed by atoms with Gasteiger partial charge in [0.2, 0.25) is 0 Å². The average Bonchev–Trinajstić information content (AvgIpc) is 2.75. The molecule has 1 unspecified atom stereocenters. The van der Waals surface area contributed by atoms with Crippen LogP contribution in [0.5, 0.6) is 0 Å². The number of methoxy groups -OCH3 is 2. The van der Waals surface area contributed by atoms with Crippen LogP contribution < -0.4 is 5.32 Å². The van der Waals surface area contributed by atoms with Crippen LogP contribution in [0.25, 0.3) is 0 Å². The molecular formula is C21H19N3O6. The number of carbonyl (C=O) groups excluding carboxylic acids is 3. The summed E-state index contributed by atoms with van der Waals surface area (Å²) in [5, 5.41) is 21.7. The molecule has 2 rings (SSSR count). The molecule has 0 amide bonds. The van der Waals surface area contributed by atoms with Gasteiger partial charge in [0.15, 0.2) is 0 Å². The van der Waals surface area contributed by atoms with E-state index >= 15 is 0 Å². The van der Waals surface area contributed by atoms with Crippen molar-refractivity contribution in [1.82, 2.24) is 5.32 Å². The third-order valence-corrected chi connectivity index (χ3v) is 4.23. The molecule has 1 atom stereocenters. The Morgan fingerprint density at radius 1 is 0.933 bits per heavy atom. The van der Waals surface area contributed by atoms with E-state index in [-0.39, 0.29) is 33.7 Å². The van der Waals surface area contributed by atoms with Gasteiger partial charge in [-0.05, 0) is 25.5 Å². The Labute approximate surface area is 173 Å². The molecule has 0 bridgehead atoms. The zero-order chi connectivity index (χ0) is 22.4. The third kappa shape index (κ3) is 4.15. The van der Waals surface area contributed by atoms with E-state index in [1.54, 1.807) is 26.0 Å². The lowest BCUT2D eigenvalue weighted by atomic mass is 9.78. The van der Waals surface area contributed by atoms with Crippen molar-refractivity contribution in [3.05, 3.63) is 57.9 Å². The molecule has 1 heterocycles. The quantitative estimate of drug-likeness (QED) is 0.570. The first-order valence-electron chi connectivity index (χ1n) is 8.82. The molecule has 154 valence electrons. The zero-order valence-electron chi connectivity index (χ0n) is 16.8. The van der Waals surface area contributed by atoms with Crippen LogP contribution in [0, 0.1) is 22.7 Å². The number of dihydropyridines is 1. The summed E-state index contributed by atoms with van der Waals surface area (Å²) in [6, 6.07) is 9.74. The van der Waals surface area contributed by atoms with E-state index in [4.69, 9.17) is 14.2 Å². The topological polar surface area (TPSA) is 139 Å². The lowest BCUT2D eigenvalue weighted by Gasteiger charge is -2.29. The van der Waals surface area contributed by atoms with E-state index in [9.17, 15) is 24.9 Å². The zero-order valence-corrected chi connectivity index (χ0v) is 16.8. The van der Waals surface area contributed by atoms with Gasteiger partial charge in [0.05, 0.1) is 43.0 Å². The van der Waals surface area contributed by atoms with Gasteiger partial charge in [-0.25, -0.2) is 14.4 Å². The first-order chi connectivity index (χ1) is 14.3. The molecule has 0 aromatic heterocycles. The fraction of sp³-hybridized carbons (Fsp3) is 0.286. The highest BCUT2D eigenvalue weighted by molar-refractivity contribution is 6.02. The summed E-state index contributed by atoms with van der Waals surface area (Å²) in [6.07, 6.45) is -0.524. The van der Waals surface area contributed by atoms with Crippen LogP contribution in [0.2, 0.25) is 0 Å². The SMILES string of the molecule is COC(=O)C1=C(C#N)NC(C#N)=C(C(=O)OC(C)C)C1c1ccccc1C(=O)OC. The van der Waals surface area contributed by atoms with Crippen molar-refractivity contribution in [3.63, 3.8) is 0 Å². The summed E-state index contributed by atoms with van der Waals surface area (Å²) in [6.45, 7) is 3.24. The molecular weight excluding hydrogens is 390 g/mol. The third-order valence-electron chi connectivity index (χ3n) is 4.23. The standard InChI is InChI=1S/C21H19N3O6/c1-11(2)30-21(27)18-15(10-23)24-14(9-22)17(20(26)29-4)16(18)12-7-5-6-8-13(12)19(25)28-3/h5-8,11,16,24H,1-4H3. The predicted octanol–water partition coefficient (Wildman–Crippen LogP) is 1.84. The molecule has 1 aliphatic rings. The molecule has 1 aromatic carbocycles. The van der Waals surface area contributed by atoms with Crippen LogP contribution in [0.3, 0.4) is 0 Å². The summed E-state index contributed by atoms with van der Waals surface area (Å²) in [7, 11) is 2.30. The summed E-state index contributed by atoms with van der Waals surface area (Å²) in [5.74, 6) is -3.78. The molecule has 1 N–H and O–H groups in total. The number of nitrogens with zero attached hydrogens (tertiary/aromatic N) is 2. The van der Waals surface area contributed by atoms with E-state index < -0.39 is 29.9 Å². The molecule has 0 radical (unpaired) electrons. The van der Waals surface area contributed by atoms with E-state index in [0.717, 1.165) is 7.11 Å².